The second-order valence-corrected chi connectivity index (χ2v) is 7.54. The molecule has 1 aliphatic heterocycles. The van der Waals surface area contributed by atoms with Crippen LogP contribution in [0.4, 0.5) is 10.8 Å². The molecule has 0 bridgehead atoms. The number of aryl methyl sites for hydroxylation is 1. The van der Waals surface area contributed by atoms with Crippen molar-refractivity contribution in [3.8, 4) is 0 Å². The molecule has 1 atom stereocenters. The Kier molecular flexibility index (Phi) is 5.93. The summed E-state index contributed by atoms with van der Waals surface area (Å²) in [4.78, 5) is 21.7. The van der Waals surface area contributed by atoms with E-state index in [1.807, 2.05) is 32.0 Å². The van der Waals surface area contributed by atoms with Crippen LogP contribution in [-0.2, 0) is 4.79 Å². The maximum absolute atomic E-state index is 12.6. The Morgan fingerprint density at radius 2 is 2.08 bits per heavy atom. The number of rotatable bonds is 4. The quantitative estimate of drug-likeness (QED) is 0.882. The maximum atomic E-state index is 12.6. The Morgan fingerprint density at radius 3 is 2.80 bits per heavy atom. The highest BCUT2D eigenvalue weighted by atomic mass is 35.5. The van der Waals surface area contributed by atoms with E-state index in [1.54, 1.807) is 17.4 Å². The first-order chi connectivity index (χ1) is 12.0. The van der Waals surface area contributed by atoms with Crippen LogP contribution in [0.2, 0.25) is 5.02 Å². The van der Waals surface area contributed by atoms with E-state index in [1.165, 1.54) is 0 Å². The minimum Gasteiger partial charge on any atom is -0.347 e. The predicted molar refractivity (Wildman–Crippen MR) is 105 cm³/mol. The Labute approximate surface area is 157 Å². The van der Waals surface area contributed by atoms with Crippen LogP contribution < -0.4 is 10.2 Å². The number of amides is 1. The van der Waals surface area contributed by atoms with Crippen molar-refractivity contribution in [3.05, 3.63) is 40.4 Å². The van der Waals surface area contributed by atoms with Crippen molar-refractivity contribution in [1.82, 2.24) is 9.88 Å². The lowest BCUT2D eigenvalue weighted by Crippen LogP contribution is -2.44. The molecule has 7 heteroatoms. The van der Waals surface area contributed by atoms with Gasteiger partial charge in [0, 0.05) is 31.6 Å². The van der Waals surface area contributed by atoms with Gasteiger partial charge in [-0.05, 0) is 32.4 Å². The van der Waals surface area contributed by atoms with Crippen molar-refractivity contribution in [1.29, 1.82) is 0 Å². The van der Waals surface area contributed by atoms with E-state index in [0.29, 0.717) is 10.7 Å². The molecule has 25 heavy (non-hydrogen) atoms. The molecule has 1 aliphatic rings. The summed E-state index contributed by atoms with van der Waals surface area (Å²) >= 11 is 7.82. The molecule has 1 N–H and O–H groups in total. The molecule has 1 fully saturated rings. The Balaban J connectivity index is 1.60. The molecule has 1 aromatic heterocycles. The van der Waals surface area contributed by atoms with Gasteiger partial charge in [0.2, 0.25) is 5.91 Å². The van der Waals surface area contributed by atoms with E-state index in [0.717, 1.165) is 43.4 Å². The summed E-state index contributed by atoms with van der Waals surface area (Å²) < 4.78 is 0. The number of anilines is 2. The predicted octanol–water partition coefficient (Wildman–Crippen LogP) is 3.64. The van der Waals surface area contributed by atoms with Crippen LogP contribution in [0.3, 0.4) is 0 Å². The van der Waals surface area contributed by atoms with E-state index in [-0.39, 0.29) is 11.9 Å². The molecule has 1 unspecified atom stereocenters. The van der Waals surface area contributed by atoms with Gasteiger partial charge >= 0.3 is 0 Å². The van der Waals surface area contributed by atoms with E-state index in [9.17, 15) is 4.79 Å². The van der Waals surface area contributed by atoms with Gasteiger partial charge in [0.25, 0.3) is 0 Å². The average molecular weight is 379 g/mol. The molecule has 2 heterocycles. The van der Waals surface area contributed by atoms with Gasteiger partial charge in [-0.3, -0.25) is 9.69 Å². The van der Waals surface area contributed by atoms with Crippen molar-refractivity contribution in [3.63, 3.8) is 0 Å². The Morgan fingerprint density at radius 1 is 1.28 bits per heavy atom. The fourth-order valence-corrected chi connectivity index (χ4v) is 4.01. The van der Waals surface area contributed by atoms with Gasteiger partial charge in [0.1, 0.15) is 0 Å². The number of benzene rings is 1. The molecule has 0 spiro atoms. The number of hydrogen-bond donors (Lipinski definition) is 1. The van der Waals surface area contributed by atoms with Crippen molar-refractivity contribution in [2.75, 3.05) is 36.4 Å². The first kappa shape index (κ1) is 18.2. The minimum atomic E-state index is -0.200. The van der Waals surface area contributed by atoms with Crippen LogP contribution in [0.1, 0.15) is 19.0 Å². The first-order valence-corrected chi connectivity index (χ1v) is 9.77. The van der Waals surface area contributed by atoms with Gasteiger partial charge in [-0.25, -0.2) is 4.98 Å². The third-order valence-electron chi connectivity index (χ3n) is 4.47. The normalized spacial score (nSPS) is 17.2. The standard InChI is InChI=1S/C18H23ClN4OS/c1-13-12-25-18(20-13)23-9-5-8-22(10-11-23)14(2)17(24)21-16-7-4-3-6-15(16)19/h3-4,6-7,12,14H,5,8-11H2,1-2H3,(H,21,24). The smallest absolute Gasteiger partial charge is 0.241 e. The zero-order valence-electron chi connectivity index (χ0n) is 14.5. The molecule has 3 rings (SSSR count). The lowest BCUT2D eigenvalue weighted by Gasteiger charge is -2.27. The molecule has 1 aromatic carbocycles. The highest BCUT2D eigenvalue weighted by Gasteiger charge is 2.25. The topological polar surface area (TPSA) is 48.5 Å². The molecule has 5 nitrogen and oxygen atoms in total. The number of para-hydroxylation sites is 1. The van der Waals surface area contributed by atoms with Gasteiger partial charge in [-0.15, -0.1) is 11.3 Å². The maximum Gasteiger partial charge on any atom is 0.241 e. The molecule has 0 aliphatic carbocycles. The van der Waals surface area contributed by atoms with E-state index in [2.05, 4.69) is 25.5 Å². The summed E-state index contributed by atoms with van der Waals surface area (Å²) in [6.07, 6.45) is 1.02. The molecule has 134 valence electrons. The van der Waals surface area contributed by atoms with Crippen molar-refractivity contribution >= 4 is 39.7 Å². The van der Waals surface area contributed by atoms with Crippen molar-refractivity contribution < 1.29 is 4.79 Å². The van der Waals surface area contributed by atoms with Gasteiger partial charge in [0.05, 0.1) is 22.4 Å². The molecule has 0 radical (unpaired) electrons. The number of aromatic nitrogens is 1. The lowest BCUT2D eigenvalue weighted by molar-refractivity contribution is -0.120. The summed E-state index contributed by atoms with van der Waals surface area (Å²) in [6, 6.07) is 7.12. The second kappa shape index (κ2) is 8.17. The fraction of sp³-hybridized carbons (Fsp3) is 0.444. The highest BCUT2D eigenvalue weighted by molar-refractivity contribution is 7.13. The fourth-order valence-electron chi connectivity index (χ4n) is 2.97. The van der Waals surface area contributed by atoms with Gasteiger partial charge in [-0.1, -0.05) is 23.7 Å². The van der Waals surface area contributed by atoms with Gasteiger partial charge < -0.3 is 10.2 Å². The number of nitrogens with zero attached hydrogens (tertiary/aromatic N) is 3. The summed E-state index contributed by atoms with van der Waals surface area (Å²) in [5.74, 6) is -0.0216. The highest BCUT2D eigenvalue weighted by Crippen LogP contribution is 2.23. The monoisotopic (exact) mass is 378 g/mol. The zero-order valence-corrected chi connectivity index (χ0v) is 16.1. The molecule has 1 saturated heterocycles. The van der Waals surface area contributed by atoms with Crippen LogP contribution in [-0.4, -0.2) is 48.0 Å². The average Bonchev–Trinajstić information content (AvgIpc) is 2.89. The third-order valence-corrected chi connectivity index (χ3v) is 5.82. The third kappa shape index (κ3) is 4.51. The summed E-state index contributed by atoms with van der Waals surface area (Å²) in [7, 11) is 0. The molecular weight excluding hydrogens is 356 g/mol. The number of halogens is 1. The summed E-state index contributed by atoms with van der Waals surface area (Å²) in [5.41, 5.74) is 1.73. The number of carbonyl (C=O) groups excluding carboxylic acids is 1. The van der Waals surface area contributed by atoms with Crippen molar-refractivity contribution in [2.45, 2.75) is 26.3 Å². The Hall–Kier alpha value is -1.63. The largest absolute Gasteiger partial charge is 0.347 e. The van der Waals surface area contributed by atoms with Crippen LogP contribution in [0.5, 0.6) is 0 Å². The summed E-state index contributed by atoms with van der Waals surface area (Å²) in [6.45, 7) is 7.58. The zero-order chi connectivity index (χ0) is 17.8. The van der Waals surface area contributed by atoms with Crippen LogP contribution >= 0.6 is 22.9 Å². The van der Waals surface area contributed by atoms with Crippen molar-refractivity contribution in [2.24, 2.45) is 0 Å². The van der Waals surface area contributed by atoms with E-state index >= 15 is 0 Å². The van der Waals surface area contributed by atoms with Gasteiger partial charge in [0.15, 0.2) is 5.13 Å². The molecule has 1 amide bonds. The van der Waals surface area contributed by atoms with Crippen LogP contribution in [0.15, 0.2) is 29.6 Å². The number of hydrogen-bond acceptors (Lipinski definition) is 5. The second-order valence-electron chi connectivity index (χ2n) is 6.29. The Bertz CT molecular complexity index is 735. The van der Waals surface area contributed by atoms with Crippen LogP contribution in [0, 0.1) is 6.92 Å². The summed E-state index contributed by atoms with van der Waals surface area (Å²) in [5, 5.41) is 6.65. The number of thiazole rings is 1. The molecule has 0 saturated carbocycles. The SMILES string of the molecule is Cc1csc(N2CCCN(C(C)C(=O)Nc3ccccc3Cl)CC2)n1. The van der Waals surface area contributed by atoms with Gasteiger partial charge in [-0.2, -0.15) is 0 Å². The lowest BCUT2D eigenvalue weighted by atomic mass is 10.2. The number of carbonyl (C=O) groups is 1. The molecule has 2 aromatic rings. The minimum absolute atomic E-state index is 0.0216. The van der Waals surface area contributed by atoms with E-state index < -0.39 is 0 Å². The van der Waals surface area contributed by atoms with Crippen LogP contribution in [0.25, 0.3) is 0 Å². The van der Waals surface area contributed by atoms with E-state index in [4.69, 9.17) is 11.6 Å². The molecular formula is C18H23ClN4OS. The first-order valence-electron chi connectivity index (χ1n) is 8.51. The number of nitrogens with one attached hydrogen (secondary N) is 1.